The van der Waals surface area contributed by atoms with E-state index >= 15 is 0 Å². The highest BCUT2D eigenvalue weighted by atomic mass is 16.4. The number of carboxylic acids is 1. The fourth-order valence-corrected chi connectivity index (χ4v) is 2.22. The molecule has 0 fully saturated rings. The summed E-state index contributed by atoms with van der Waals surface area (Å²) in [5, 5.41) is 62.7. The number of hydrogen-bond donors (Lipinski definition) is 7. The molecule has 0 aromatic heterocycles. The summed E-state index contributed by atoms with van der Waals surface area (Å²) in [6.07, 6.45) is 3.60. The number of phenols is 6. The van der Waals surface area contributed by atoms with Gasteiger partial charge in [-0.2, -0.15) is 0 Å². The standard InChI is InChI=1S/C14H12O3.C7H6O5/c15-12-5-3-10(4-6-12)1-2-11-7-13(16)9-14(17)8-11;8-4-1-3(7(11)12)2-5(9)6(4)10/h1-9,15-17H;1-2,8-10H,(H,11,12). The van der Waals surface area contributed by atoms with Crippen molar-refractivity contribution in [2.45, 2.75) is 0 Å². The fraction of sp³-hybridized carbons (Fsp3) is 0. The minimum atomic E-state index is -1.29. The molecule has 0 radical (unpaired) electrons. The second kappa shape index (κ2) is 9.05. The summed E-state index contributed by atoms with van der Waals surface area (Å²) in [4.78, 5) is 10.3. The third kappa shape index (κ3) is 6.10. The Labute approximate surface area is 165 Å². The first-order valence-corrected chi connectivity index (χ1v) is 8.14. The summed E-state index contributed by atoms with van der Waals surface area (Å²) in [7, 11) is 0. The quantitative estimate of drug-likeness (QED) is 0.261. The Morgan fingerprint density at radius 3 is 1.59 bits per heavy atom. The molecule has 3 rings (SSSR count). The lowest BCUT2D eigenvalue weighted by Crippen LogP contribution is -1.95. The molecule has 0 heterocycles. The van der Waals surface area contributed by atoms with Gasteiger partial charge in [0.1, 0.15) is 17.2 Å². The molecule has 8 heteroatoms. The third-order valence-electron chi connectivity index (χ3n) is 3.60. The van der Waals surface area contributed by atoms with E-state index in [1.165, 1.54) is 6.07 Å². The highest BCUT2D eigenvalue weighted by Crippen LogP contribution is 2.35. The number of carbonyl (C=O) groups is 1. The Hall–Kier alpha value is -4.33. The van der Waals surface area contributed by atoms with Crippen molar-refractivity contribution in [1.29, 1.82) is 0 Å². The summed E-state index contributed by atoms with van der Waals surface area (Å²) >= 11 is 0. The summed E-state index contributed by atoms with van der Waals surface area (Å²) < 4.78 is 0. The predicted octanol–water partition coefficient (Wildman–Crippen LogP) is 3.48. The van der Waals surface area contributed by atoms with Gasteiger partial charge in [-0.1, -0.05) is 24.3 Å². The van der Waals surface area contributed by atoms with Crippen LogP contribution in [0.15, 0.2) is 54.6 Å². The summed E-state index contributed by atoms with van der Waals surface area (Å²) in [6.45, 7) is 0. The highest BCUT2D eigenvalue weighted by Gasteiger charge is 2.11. The van der Waals surface area contributed by atoms with Crippen LogP contribution in [0, 0.1) is 0 Å². The van der Waals surface area contributed by atoms with E-state index in [9.17, 15) is 15.0 Å². The van der Waals surface area contributed by atoms with Crippen LogP contribution in [0.1, 0.15) is 21.5 Å². The number of aromatic hydroxyl groups is 6. The monoisotopic (exact) mass is 398 g/mol. The molecule has 0 bridgehead atoms. The van der Waals surface area contributed by atoms with Gasteiger partial charge in [0.05, 0.1) is 5.56 Å². The van der Waals surface area contributed by atoms with E-state index in [0.29, 0.717) is 5.56 Å². The van der Waals surface area contributed by atoms with Crippen LogP contribution in [-0.4, -0.2) is 41.7 Å². The Bertz CT molecular complexity index is 996. The van der Waals surface area contributed by atoms with Gasteiger partial charge in [0.25, 0.3) is 0 Å². The van der Waals surface area contributed by atoms with Crippen molar-refractivity contribution in [3.63, 3.8) is 0 Å². The predicted molar refractivity (Wildman–Crippen MR) is 105 cm³/mol. The number of carboxylic acid groups (broad SMARTS) is 1. The van der Waals surface area contributed by atoms with Crippen LogP contribution in [0.25, 0.3) is 12.2 Å². The lowest BCUT2D eigenvalue weighted by Gasteiger charge is -2.01. The van der Waals surface area contributed by atoms with E-state index in [1.807, 2.05) is 6.08 Å². The van der Waals surface area contributed by atoms with Gasteiger partial charge in [-0.3, -0.25) is 0 Å². The number of rotatable bonds is 3. The van der Waals surface area contributed by atoms with Gasteiger partial charge in [0.2, 0.25) is 0 Å². The van der Waals surface area contributed by atoms with Gasteiger partial charge in [0, 0.05) is 6.07 Å². The Morgan fingerprint density at radius 2 is 1.10 bits per heavy atom. The molecular formula is C21H18O8. The molecule has 0 spiro atoms. The molecule has 0 saturated heterocycles. The highest BCUT2D eigenvalue weighted by molar-refractivity contribution is 5.89. The van der Waals surface area contributed by atoms with Gasteiger partial charge in [-0.15, -0.1) is 0 Å². The van der Waals surface area contributed by atoms with E-state index in [4.69, 9.17) is 25.5 Å². The van der Waals surface area contributed by atoms with Crippen LogP contribution in [0.3, 0.4) is 0 Å². The fourth-order valence-electron chi connectivity index (χ4n) is 2.22. The zero-order chi connectivity index (χ0) is 21.6. The molecule has 3 aromatic rings. The smallest absolute Gasteiger partial charge is 0.335 e. The van der Waals surface area contributed by atoms with Crippen molar-refractivity contribution in [3.8, 4) is 34.5 Å². The van der Waals surface area contributed by atoms with Crippen molar-refractivity contribution in [3.05, 3.63) is 71.3 Å². The minimum Gasteiger partial charge on any atom is -0.508 e. The maximum Gasteiger partial charge on any atom is 0.335 e. The van der Waals surface area contributed by atoms with Crippen LogP contribution < -0.4 is 0 Å². The lowest BCUT2D eigenvalue weighted by atomic mass is 10.1. The van der Waals surface area contributed by atoms with E-state index in [2.05, 4.69) is 0 Å². The molecule has 0 aliphatic rings. The van der Waals surface area contributed by atoms with Crippen molar-refractivity contribution in [2.75, 3.05) is 0 Å². The molecule has 150 valence electrons. The largest absolute Gasteiger partial charge is 0.508 e. The molecular weight excluding hydrogens is 380 g/mol. The van der Waals surface area contributed by atoms with Crippen molar-refractivity contribution in [1.82, 2.24) is 0 Å². The Kier molecular flexibility index (Phi) is 6.54. The maximum atomic E-state index is 10.3. The first-order chi connectivity index (χ1) is 13.7. The molecule has 3 aromatic carbocycles. The Morgan fingerprint density at radius 1 is 0.621 bits per heavy atom. The van der Waals surface area contributed by atoms with Crippen molar-refractivity contribution < 1.29 is 40.5 Å². The Balaban J connectivity index is 0.000000221. The average molecular weight is 398 g/mol. The van der Waals surface area contributed by atoms with Crippen LogP contribution in [0.4, 0.5) is 0 Å². The van der Waals surface area contributed by atoms with Gasteiger partial charge in [0.15, 0.2) is 17.2 Å². The van der Waals surface area contributed by atoms with Gasteiger partial charge < -0.3 is 35.7 Å². The maximum absolute atomic E-state index is 10.3. The summed E-state index contributed by atoms with van der Waals surface area (Å²) in [5.41, 5.74) is 1.34. The van der Waals surface area contributed by atoms with E-state index in [0.717, 1.165) is 17.7 Å². The van der Waals surface area contributed by atoms with Crippen LogP contribution in [0.5, 0.6) is 34.5 Å². The molecule has 29 heavy (non-hydrogen) atoms. The first-order valence-electron chi connectivity index (χ1n) is 8.14. The molecule has 0 saturated carbocycles. The number of aromatic carboxylic acids is 1. The van der Waals surface area contributed by atoms with Crippen LogP contribution >= 0.6 is 0 Å². The van der Waals surface area contributed by atoms with Gasteiger partial charge in [-0.05, 0) is 47.5 Å². The molecule has 0 atom stereocenters. The molecule has 0 amide bonds. The number of hydrogen-bond acceptors (Lipinski definition) is 7. The topological polar surface area (TPSA) is 159 Å². The SMILES string of the molecule is O=C(O)c1cc(O)c(O)c(O)c1.Oc1ccc(C=Cc2cc(O)cc(O)c2)cc1. The van der Waals surface area contributed by atoms with Crippen LogP contribution in [-0.2, 0) is 0 Å². The number of phenolic OH excluding ortho intramolecular Hbond substituents is 6. The van der Waals surface area contributed by atoms with Crippen molar-refractivity contribution in [2.24, 2.45) is 0 Å². The average Bonchev–Trinajstić information content (AvgIpc) is 2.65. The molecule has 0 aliphatic carbocycles. The van der Waals surface area contributed by atoms with Gasteiger partial charge in [-0.25, -0.2) is 4.79 Å². The lowest BCUT2D eigenvalue weighted by molar-refractivity contribution is 0.0696. The second-order valence-electron chi connectivity index (χ2n) is 5.88. The van der Waals surface area contributed by atoms with Crippen LogP contribution in [0.2, 0.25) is 0 Å². The molecule has 8 nitrogen and oxygen atoms in total. The minimum absolute atomic E-state index is 0.0235. The molecule has 7 N–H and O–H groups in total. The summed E-state index contributed by atoms with van der Waals surface area (Å²) in [5.74, 6) is -3.07. The van der Waals surface area contributed by atoms with E-state index < -0.39 is 23.2 Å². The normalized spacial score (nSPS) is 10.3. The number of benzene rings is 3. The van der Waals surface area contributed by atoms with E-state index in [1.54, 1.807) is 42.5 Å². The second-order valence-corrected chi connectivity index (χ2v) is 5.88. The van der Waals surface area contributed by atoms with Crippen molar-refractivity contribution >= 4 is 18.1 Å². The van der Waals surface area contributed by atoms with E-state index in [-0.39, 0.29) is 22.8 Å². The third-order valence-corrected chi connectivity index (χ3v) is 3.60. The molecule has 0 unspecified atom stereocenters. The molecule has 0 aliphatic heterocycles. The summed E-state index contributed by atoms with van der Waals surface area (Å²) in [6, 6.07) is 12.8. The zero-order valence-electron chi connectivity index (χ0n) is 14.9. The van der Waals surface area contributed by atoms with Gasteiger partial charge >= 0.3 is 5.97 Å². The zero-order valence-corrected chi connectivity index (χ0v) is 14.9. The first kappa shape index (κ1) is 21.0.